The zero-order chi connectivity index (χ0) is 24.7. The third kappa shape index (κ3) is 3.93. The lowest BCUT2D eigenvalue weighted by molar-refractivity contribution is 0.0730. The van der Waals surface area contributed by atoms with E-state index in [9.17, 15) is 14.0 Å². The Morgan fingerprint density at radius 2 is 1.69 bits per heavy atom. The molecule has 0 saturated heterocycles. The molecule has 1 amide bonds. The van der Waals surface area contributed by atoms with Crippen LogP contribution < -0.4 is 14.9 Å². The van der Waals surface area contributed by atoms with Crippen LogP contribution in [0.25, 0.3) is 11.0 Å². The molecule has 2 heterocycles. The van der Waals surface area contributed by atoms with E-state index in [4.69, 9.17) is 13.9 Å². The molecule has 6 nitrogen and oxygen atoms in total. The van der Waals surface area contributed by atoms with Crippen LogP contribution in [-0.4, -0.2) is 31.6 Å². The summed E-state index contributed by atoms with van der Waals surface area (Å²) in [5.74, 6) is 0.320. The first kappa shape index (κ1) is 22.7. The predicted molar refractivity (Wildman–Crippen MR) is 130 cm³/mol. The molecule has 1 atom stereocenters. The van der Waals surface area contributed by atoms with Gasteiger partial charge in [-0.2, -0.15) is 0 Å². The first-order chi connectivity index (χ1) is 16.9. The summed E-state index contributed by atoms with van der Waals surface area (Å²) in [6.45, 7) is 2.30. The number of rotatable bonds is 6. The number of methoxy groups -OCH3 is 2. The number of fused-ring (bicyclic) bond motifs is 2. The van der Waals surface area contributed by atoms with Gasteiger partial charge in [0.2, 0.25) is 5.76 Å². The minimum absolute atomic E-state index is 0.00648. The molecule has 4 aromatic rings. The predicted octanol–water partition coefficient (Wildman–Crippen LogP) is 5.05. The lowest BCUT2D eigenvalue weighted by Gasteiger charge is -2.25. The maximum atomic E-state index is 13.9. The van der Waals surface area contributed by atoms with E-state index in [0.717, 1.165) is 22.8 Å². The molecule has 0 radical (unpaired) electrons. The van der Waals surface area contributed by atoms with Gasteiger partial charge in [-0.15, -0.1) is 0 Å². The molecule has 35 heavy (non-hydrogen) atoms. The smallest absolute Gasteiger partial charge is 0.290 e. The zero-order valence-electron chi connectivity index (χ0n) is 19.6. The Balaban J connectivity index is 1.58. The molecule has 0 fully saturated rings. The molecule has 1 aromatic heterocycles. The van der Waals surface area contributed by atoms with E-state index in [-0.39, 0.29) is 28.2 Å². The van der Waals surface area contributed by atoms with E-state index in [1.807, 2.05) is 49.4 Å². The zero-order valence-corrected chi connectivity index (χ0v) is 19.6. The maximum absolute atomic E-state index is 13.9. The van der Waals surface area contributed by atoms with Gasteiger partial charge in [0.1, 0.15) is 11.4 Å². The third-order valence-electron chi connectivity index (χ3n) is 6.41. The van der Waals surface area contributed by atoms with Gasteiger partial charge in [-0.3, -0.25) is 9.59 Å². The summed E-state index contributed by atoms with van der Waals surface area (Å²) in [6.07, 6.45) is 0.519. The summed E-state index contributed by atoms with van der Waals surface area (Å²) >= 11 is 0. The number of carbonyl (C=O) groups is 1. The minimum atomic E-state index is -0.637. The van der Waals surface area contributed by atoms with Gasteiger partial charge in [0.25, 0.3) is 5.91 Å². The average Bonchev–Trinajstić information content (AvgIpc) is 3.15. The quantitative estimate of drug-likeness (QED) is 0.392. The van der Waals surface area contributed by atoms with E-state index >= 15 is 0 Å². The number of ether oxygens (including phenoxy) is 2. The largest absolute Gasteiger partial charge is 0.493 e. The number of benzene rings is 3. The lowest BCUT2D eigenvalue weighted by atomic mass is 9.97. The van der Waals surface area contributed by atoms with Gasteiger partial charge in [-0.05, 0) is 54.8 Å². The van der Waals surface area contributed by atoms with Crippen molar-refractivity contribution in [2.24, 2.45) is 0 Å². The second-order valence-electron chi connectivity index (χ2n) is 8.57. The van der Waals surface area contributed by atoms with Crippen LogP contribution >= 0.6 is 0 Å². The monoisotopic (exact) mass is 473 g/mol. The van der Waals surface area contributed by atoms with Crippen LogP contribution in [0.1, 0.15) is 38.9 Å². The van der Waals surface area contributed by atoms with Crippen LogP contribution in [0.15, 0.2) is 69.9 Å². The number of hydrogen-bond donors (Lipinski definition) is 0. The van der Waals surface area contributed by atoms with Crippen molar-refractivity contribution in [3.63, 3.8) is 0 Å². The van der Waals surface area contributed by atoms with Gasteiger partial charge in [0.05, 0.1) is 31.2 Å². The van der Waals surface area contributed by atoms with Gasteiger partial charge in [-0.1, -0.05) is 35.9 Å². The maximum Gasteiger partial charge on any atom is 0.290 e. The van der Waals surface area contributed by atoms with Crippen LogP contribution in [0, 0.1) is 12.7 Å². The van der Waals surface area contributed by atoms with Gasteiger partial charge in [-0.25, -0.2) is 4.39 Å². The molecule has 0 saturated carbocycles. The van der Waals surface area contributed by atoms with Gasteiger partial charge >= 0.3 is 0 Å². The lowest BCUT2D eigenvalue weighted by Crippen LogP contribution is -2.31. The Hall–Kier alpha value is -4.13. The summed E-state index contributed by atoms with van der Waals surface area (Å²) in [6, 6.07) is 16.4. The highest BCUT2D eigenvalue weighted by atomic mass is 19.1. The fraction of sp³-hybridized carbons (Fsp3) is 0.214. The first-order valence-electron chi connectivity index (χ1n) is 11.3. The Morgan fingerprint density at radius 1 is 0.943 bits per heavy atom. The number of halogens is 1. The third-order valence-corrected chi connectivity index (χ3v) is 6.41. The standard InChI is InChI=1S/C28H24FNO5/c1-16-4-7-18(8-5-16)25-24-26(31)20-15-19(29)9-11-21(20)35-27(24)28(32)30(25)13-12-17-6-10-22(33-2)23(14-17)34-3/h4-11,14-15,25H,12-13H2,1-3H3/t25-/m0/s1. The Labute approximate surface area is 201 Å². The molecule has 178 valence electrons. The Kier molecular flexibility index (Phi) is 5.76. The normalized spacial score (nSPS) is 14.9. The Morgan fingerprint density at radius 3 is 2.40 bits per heavy atom. The molecule has 0 bridgehead atoms. The van der Waals surface area contributed by atoms with E-state index in [1.54, 1.807) is 19.1 Å². The number of nitrogens with zero attached hydrogens (tertiary/aromatic N) is 1. The average molecular weight is 474 g/mol. The molecular formula is C28H24FNO5. The number of amides is 1. The van der Waals surface area contributed by atoms with Crippen molar-refractivity contribution in [1.29, 1.82) is 0 Å². The first-order valence-corrected chi connectivity index (χ1v) is 11.3. The molecule has 0 spiro atoms. The van der Waals surface area contributed by atoms with Gasteiger partial charge < -0.3 is 18.8 Å². The molecule has 5 rings (SSSR count). The van der Waals surface area contributed by atoms with Gasteiger partial charge in [0, 0.05) is 6.54 Å². The number of hydrogen-bond acceptors (Lipinski definition) is 5. The fourth-order valence-electron chi connectivity index (χ4n) is 4.60. The molecule has 0 aliphatic carbocycles. The van der Waals surface area contributed by atoms with Crippen LogP contribution in [-0.2, 0) is 6.42 Å². The molecular weight excluding hydrogens is 449 g/mol. The Bertz CT molecular complexity index is 1490. The van der Waals surface area contributed by atoms with E-state index in [0.29, 0.717) is 24.5 Å². The number of carbonyl (C=O) groups excluding carboxylic acids is 1. The van der Waals surface area contributed by atoms with Crippen molar-refractivity contribution in [3.8, 4) is 11.5 Å². The van der Waals surface area contributed by atoms with Crippen LogP contribution in [0.3, 0.4) is 0 Å². The summed E-state index contributed by atoms with van der Waals surface area (Å²) in [5, 5.41) is 0.121. The summed E-state index contributed by atoms with van der Waals surface area (Å²) in [7, 11) is 3.14. The van der Waals surface area contributed by atoms with Crippen LogP contribution in [0.5, 0.6) is 11.5 Å². The second-order valence-corrected chi connectivity index (χ2v) is 8.57. The molecule has 1 aliphatic heterocycles. The summed E-state index contributed by atoms with van der Waals surface area (Å²) in [4.78, 5) is 28.7. The number of aryl methyl sites for hydroxylation is 1. The van der Waals surface area contributed by atoms with Crippen molar-refractivity contribution in [1.82, 2.24) is 4.90 Å². The van der Waals surface area contributed by atoms with Crippen molar-refractivity contribution < 1.29 is 23.1 Å². The van der Waals surface area contributed by atoms with Crippen molar-refractivity contribution in [2.45, 2.75) is 19.4 Å². The highest BCUT2D eigenvalue weighted by Gasteiger charge is 2.42. The summed E-state index contributed by atoms with van der Waals surface area (Å²) in [5.41, 5.74) is 2.83. The molecule has 3 aromatic carbocycles. The molecule has 7 heteroatoms. The van der Waals surface area contributed by atoms with Crippen molar-refractivity contribution in [3.05, 3.63) is 105 Å². The molecule has 1 aliphatic rings. The van der Waals surface area contributed by atoms with E-state index in [1.165, 1.54) is 12.1 Å². The summed E-state index contributed by atoms with van der Waals surface area (Å²) < 4.78 is 30.5. The second kappa shape index (κ2) is 8.91. The van der Waals surface area contributed by atoms with Crippen LogP contribution in [0.2, 0.25) is 0 Å². The van der Waals surface area contributed by atoms with Crippen LogP contribution in [0.4, 0.5) is 4.39 Å². The van der Waals surface area contributed by atoms with E-state index < -0.39 is 17.3 Å². The molecule has 0 N–H and O–H groups in total. The minimum Gasteiger partial charge on any atom is -0.493 e. The molecule has 0 unspecified atom stereocenters. The van der Waals surface area contributed by atoms with Crippen molar-refractivity contribution in [2.75, 3.05) is 20.8 Å². The fourth-order valence-corrected chi connectivity index (χ4v) is 4.60. The topological polar surface area (TPSA) is 69.0 Å². The highest BCUT2D eigenvalue weighted by molar-refractivity contribution is 5.99. The SMILES string of the molecule is COc1ccc(CCN2C(=O)c3oc4ccc(F)cc4c(=O)c3[C@@H]2c2ccc(C)cc2)cc1OC. The van der Waals surface area contributed by atoms with Crippen molar-refractivity contribution >= 4 is 16.9 Å². The highest BCUT2D eigenvalue weighted by Crippen LogP contribution is 2.38. The van der Waals surface area contributed by atoms with E-state index in [2.05, 4.69) is 0 Å². The van der Waals surface area contributed by atoms with Gasteiger partial charge in [0.15, 0.2) is 16.9 Å².